The maximum atomic E-state index is 13.7. The van der Waals surface area contributed by atoms with E-state index in [2.05, 4.69) is 15.9 Å². The van der Waals surface area contributed by atoms with Crippen LogP contribution in [-0.2, 0) is 0 Å². The number of likely N-dealkylation sites (tertiary alicyclic amines) is 1. The predicted molar refractivity (Wildman–Crippen MR) is 70.3 cm³/mol. The van der Waals surface area contributed by atoms with Crippen LogP contribution < -0.4 is 0 Å². The second kappa shape index (κ2) is 5.55. The van der Waals surface area contributed by atoms with Crippen molar-refractivity contribution >= 4 is 33.4 Å². The average molecular weight is 337 g/mol. The fourth-order valence-electron chi connectivity index (χ4n) is 1.93. The number of aliphatic hydroxyl groups is 1. The summed E-state index contributed by atoms with van der Waals surface area (Å²) in [4.78, 5) is 13.7. The summed E-state index contributed by atoms with van der Waals surface area (Å²) in [5.74, 6) is -0.990. The van der Waals surface area contributed by atoms with Crippen LogP contribution in [0.25, 0.3) is 0 Å². The van der Waals surface area contributed by atoms with Gasteiger partial charge in [-0.05, 0) is 40.9 Å². The molecule has 18 heavy (non-hydrogen) atoms. The maximum absolute atomic E-state index is 13.7. The van der Waals surface area contributed by atoms with Gasteiger partial charge < -0.3 is 10.0 Å². The first-order chi connectivity index (χ1) is 8.49. The molecule has 0 aromatic heterocycles. The molecule has 1 aliphatic heterocycles. The summed E-state index contributed by atoms with van der Waals surface area (Å²) in [5.41, 5.74) is 0.00247. The van der Waals surface area contributed by atoms with Gasteiger partial charge in [-0.3, -0.25) is 4.79 Å². The summed E-state index contributed by atoms with van der Waals surface area (Å²) in [7, 11) is 0. The average Bonchev–Trinajstić information content (AvgIpc) is 2.34. The molecule has 1 amide bonds. The van der Waals surface area contributed by atoms with E-state index in [-0.39, 0.29) is 22.6 Å². The van der Waals surface area contributed by atoms with E-state index in [0.717, 1.165) is 6.07 Å². The first-order valence-electron chi connectivity index (χ1n) is 5.61. The SMILES string of the molecule is O=C(c1cc(Br)c(Cl)cc1F)N1CCC(O)CC1. The zero-order chi connectivity index (χ0) is 13.3. The molecule has 0 saturated carbocycles. The van der Waals surface area contributed by atoms with Crippen LogP contribution >= 0.6 is 27.5 Å². The smallest absolute Gasteiger partial charge is 0.256 e. The van der Waals surface area contributed by atoms with E-state index in [4.69, 9.17) is 11.6 Å². The molecule has 0 radical (unpaired) electrons. The Hall–Kier alpha value is -0.650. The van der Waals surface area contributed by atoms with E-state index < -0.39 is 5.82 Å². The Balaban J connectivity index is 2.21. The lowest BCUT2D eigenvalue weighted by Crippen LogP contribution is -2.40. The van der Waals surface area contributed by atoms with Crippen LogP contribution in [0.2, 0.25) is 5.02 Å². The number of carbonyl (C=O) groups excluding carboxylic acids is 1. The number of rotatable bonds is 1. The third kappa shape index (κ3) is 2.84. The number of nitrogens with zero attached hydrogens (tertiary/aromatic N) is 1. The molecule has 98 valence electrons. The molecule has 1 aliphatic rings. The number of aliphatic hydroxyl groups excluding tert-OH is 1. The Kier molecular flexibility index (Phi) is 4.25. The Morgan fingerprint density at radius 1 is 1.44 bits per heavy atom. The quantitative estimate of drug-likeness (QED) is 0.801. The van der Waals surface area contributed by atoms with Crippen molar-refractivity contribution in [2.75, 3.05) is 13.1 Å². The van der Waals surface area contributed by atoms with Gasteiger partial charge in [0.2, 0.25) is 0 Å². The molecule has 1 aromatic carbocycles. The largest absolute Gasteiger partial charge is 0.393 e. The number of piperidine rings is 1. The molecule has 0 aliphatic carbocycles. The minimum absolute atomic E-state index is 0.00247. The minimum atomic E-state index is -0.626. The second-order valence-corrected chi connectivity index (χ2v) is 5.53. The van der Waals surface area contributed by atoms with Gasteiger partial charge in [0.25, 0.3) is 5.91 Å². The number of amides is 1. The highest BCUT2D eigenvalue weighted by Gasteiger charge is 2.24. The first-order valence-corrected chi connectivity index (χ1v) is 6.78. The number of benzene rings is 1. The lowest BCUT2D eigenvalue weighted by molar-refractivity contribution is 0.0542. The Labute approximate surface area is 118 Å². The molecule has 0 atom stereocenters. The van der Waals surface area contributed by atoms with Crippen LogP contribution in [-0.4, -0.2) is 35.1 Å². The van der Waals surface area contributed by atoms with Gasteiger partial charge in [-0.15, -0.1) is 0 Å². The second-order valence-electron chi connectivity index (χ2n) is 4.27. The summed E-state index contributed by atoms with van der Waals surface area (Å²) in [6, 6.07) is 2.52. The molecule has 1 heterocycles. The van der Waals surface area contributed by atoms with Gasteiger partial charge in [-0.1, -0.05) is 11.6 Å². The molecule has 0 bridgehead atoms. The summed E-state index contributed by atoms with van der Waals surface area (Å²) < 4.78 is 14.2. The third-order valence-corrected chi connectivity index (χ3v) is 4.19. The van der Waals surface area contributed by atoms with Gasteiger partial charge in [-0.2, -0.15) is 0 Å². The normalized spacial score (nSPS) is 17.0. The van der Waals surface area contributed by atoms with Crippen LogP contribution in [0.1, 0.15) is 23.2 Å². The molecule has 1 fully saturated rings. The van der Waals surface area contributed by atoms with Gasteiger partial charge in [0.1, 0.15) is 5.82 Å². The van der Waals surface area contributed by atoms with Gasteiger partial charge in [-0.25, -0.2) is 4.39 Å². The highest BCUT2D eigenvalue weighted by molar-refractivity contribution is 9.10. The Morgan fingerprint density at radius 3 is 2.67 bits per heavy atom. The number of hydrogen-bond donors (Lipinski definition) is 1. The van der Waals surface area contributed by atoms with Crippen LogP contribution in [0, 0.1) is 5.82 Å². The van der Waals surface area contributed by atoms with Gasteiger partial charge in [0.05, 0.1) is 16.7 Å². The maximum Gasteiger partial charge on any atom is 0.256 e. The van der Waals surface area contributed by atoms with Crippen LogP contribution in [0.5, 0.6) is 0 Å². The van der Waals surface area contributed by atoms with Crippen molar-refractivity contribution in [1.29, 1.82) is 0 Å². The lowest BCUT2D eigenvalue weighted by atomic mass is 10.1. The highest BCUT2D eigenvalue weighted by Crippen LogP contribution is 2.27. The molecule has 1 aromatic rings. The minimum Gasteiger partial charge on any atom is -0.393 e. The van der Waals surface area contributed by atoms with Crippen molar-refractivity contribution in [3.8, 4) is 0 Å². The van der Waals surface area contributed by atoms with E-state index in [0.29, 0.717) is 30.4 Å². The van der Waals surface area contributed by atoms with E-state index in [1.807, 2.05) is 0 Å². The van der Waals surface area contributed by atoms with Crippen LogP contribution in [0.15, 0.2) is 16.6 Å². The molecule has 6 heteroatoms. The van der Waals surface area contributed by atoms with Crippen LogP contribution in [0.4, 0.5) is 4.39 Å². The zero-order valence-electron chi connectivity index (χ0n) is 9.50. The monoisotopic (exact) mass is 335 g/mol. The Morgan fingerprint density at radius 2 is 2.06 bits per heavy atom. The van der Waals surface area contributed by atoms with Crippen molar-refractivity contribution in [2.24, 2.45) is 0 Å². The van der Waals surface area contributed by atoms with Crippen molar-refractivity contribution < 1.29 is 14.3 Å². The molecule has 0 unspecified atom stereocenters. The molecule has 3 nitrogen and oxygen atoms in total. The van der Waals surface area contributed by atoms with Gasteiger partial charge >= 0.3 is 0 Å². The zero-order valence-corrected chi connectivity index (χ0v) is 11.8. The van der Waals surface area contributed by atoms with Crippen molar-refractivity contribution in [3.63, 3.8) is 0 Å². The van der Waals surface area contributed by atoms with Gasteiger partial charge in [0.15, 0.2) is 0 Å². The third-order valence-electron chi connectivity index (χ3n) is 2.99. The van der Waals surface area contributed by atoms with Crippen molar-refractivity contribution in [1.82, 2.24) is 4.90 Å². The topological polar surface area (TPSA) is 40.5 Å². The van der Waals surface area contributed by atoms with Crippen LogP contribution in [0.3, 0.4) is 0 Å². The summed E-state index contributed by atoms with van der Waals surface area (Å²) in [5, 5.41) is 9.61. The van der Waals surface area contributed by atoms with E-state index in [1.54, 1.807) is 4.90 Å². The fraction of sp³-hybridized carbons (Fsp3) is 0.417. The Bertz CT molecular complexity index is 475. The summed E-state index contributed by atoms with van der Waals surface area (Å²) in [6.45, 7) is 0.888. The standard InChI is InChI=1S/C12H12BrClFNO2/c13-9-5-8(11(15)6-10(9)14)12(18)16-3-1-7(17)2-4-16/h5-7,17H,1-4H2. The molecule has 2 rings (SSSR count). The number of carbonyl (C=O) groups is 1. The van der Waals surface area contributed by atoms with Crippen molar-refractivity contribution in [3.05, 3.63) is 33.0 Å². The molecule has 1 N–H and O–H groups in total. The molecular formula is C12H12BrClFNO2. The molecule has 1 saturated heterocycles. The summed E-state index contributed by atoms with van der Waals surface area (Å²) >= 11 is 8.92. The van der Waals surface area contributed by atoms with E-state index in [9.17, 15) is 14.3 Å². The van der Waals surface area contributed by atoms with Gasteiger partial charge in [0, 0.05) is 17.6 Å². The fourth-order valence-corrected chi connectivity index (χ4v) is 2.42. The highest BCUT2D eigenvalue weighted by atomic mass is 79.9. The van der Waals surface area contributed by atoms with E-state index >= 15 is 0 Å². The van der Waals surface area contributed by atoms with E-state index in [1.165, 1.54) is 6.07 Å². The summed E-state index contributed by atoms with van der Waals surface area (Å²) in [6.07, 6.45) is 0.695. The molecular weight excluding hydrogens is 324 g/mol. The number of halogens is 3. The molecule has 0 spiro atoms. The lowest BCUT2D eigenvalue weighted by Gasteiger charge is -2.29. The van der Waals surface area contributed by atoms with Crippen molar-refractivity contribution in [2.45, 2.75) is 18.9 Å². The predicted octanol–water partition coefficient (Wildman–Crippen LogP) is 2.84. The number of hydrogen-bond acceptors (Lipinski definition) is 2. The first kappa shape index (κ1) is 13.8.